The maximum atomic E-state index is 10.5. The standard InChI is InChI=1S/C22H26N2O3S/c1-2-26-17-9-11-18(12-10-17)27-15-16(25)14-24-13-5-7-20(24)22-23-19-6-3-4-8-21(19)28-22/h3-4,6,8-12,16,20,25H,2,5,7,13-15H2,1H3. The molecule has 2 aromatic carbocycles. The van der Waals surface area contributed by atoms with Crippen molar-refractivity contribution in [2.24, 2.45) is 0 Å². The Morgan fingerprint density at radius 2 is 1.89 bits per heavy atom. The molecule has 1 aromatic heterocycles. The number of hydrogen-bond donors (Lipinski definition) is 1. The van der Waals surface area contributed by atoms with Gasteiger partial charge in [0.15, 0.2) is 0 Å². The summed E-state index contributed by atoms with van der Waals surface area (Å²) in [6, 6.07) is 16.1. The predicted molar refractivity (Wildman–Crippen MR) is 112 cm³/mol. The van der Waals surface area contributed by atoms with Crippen LogP contribution in [0, 0.1) is 0 Å². The quantitative estimate of drug-likeness (QED) is 0.614. The number of benzene rings is 2. The summed E-state index contributed by atoms with van der Waals surface area (Å²) < 4.78 is 12.4. The number of likely N-dealkylation sites (tertiary alicyclic amines) is 1. The summed E-state index contributed by atoms with van der Waals surface area (Å²) in [6.45, 7) is 4.46. The predicted octanol–water partition coefficient (Wildman–Crippen LogP) is 4.27. The lowest BCUT2D eigenvalue weighted by molar-refractivity contribution is 0.0638. The van der Waals surface area contributed by atoms with E-state index in [1.165, 1.54) is 4.70 Å². The maximum Gasteiger partial charge on any atom is 0.119 e. The highest BCUT2D eigenvalue weighted by Gasteiger charge is 2.30. The smallest absolute Gasteiger partial charge is 0.119 e. The van der Waals surface area contributed by atoms with E-state index in [0.717, 1.165) is 41.4 Å². The van der Waals surface area contributed by atoms with Crippen LogP contribution in [0.15, 0.2) is 48.5 Å². The Morgan fingerprint density at radius 3 is 2.64 bits per heavy atom. The Balaban J connectivity index is 1.33. The number of para-hydroxylation sites is 1. The van der Waals surface area contributed by atoms with Gasteiger partial charge in [0.05, 0.1) is 22.9 Å². The van der Waals surface area contributed by atoms with Gasteiger partial charge in [0.25, 0.3) is 0 Å². The van der Waals surface area contributed by atoms with Gasteiger partial charge < -0.3 is 14.6 Å². The summed E-state index contributed by atoms with van der Waals surface area (Å²) in [5.41, 5.74) is 1.06. The molecule has 0 bridgehead atoms. The molecule has 2 unspecified atom stereocenters. The van der Waals surface area contributed by atoms with Crippen LogP contribution in [0.1, 0.15) is 30.8 Å². The first-order valence-electron chi connectivity index (χ1n) is 9.86. The largest absolute Gasteiger partial charge is 0.494 e. The number of aromatic nitrogens is 1. The van der Waals surface area contributed by atoms with E-state index >= 15 is 0 Å². The fourth-order valence-electron chi connectivity index (χ4n) is 3.67. The van der Waals surface area contributed by atoms with Gasteiger partial charge in [-0.05, 0) is 62.7 Å². The van der Waals surface area contributed by atoms with Gasteiger partial charge in [0.2, 0.25) is 0 Å². The fourth-order valence-corrected chi connectivity index (χ4v) is 4.81. The van der Waals surface area contributed by atoms with Crippen molar-refractivity contribution in [3.05, 3.63) is 53.5 Å². The van der Waals surface area contributed by atoms with E-state index in [1.54, 1.807) is 11.3 Å². The Hall–Kier alpha value is -2.15. The van der Waals surface area contributed by atoms with Crippen molar-refractivity contribution in [2.75, 3.05) is 26.3 Å². The third kappa shape index (κ3) is 4.46. The Labute approximate surface area is 169 Å². The van der Waals surface area contributed by atoms with Crippen LogP contribution in [0.5, 0.6) is 11.5 Å². The van der Waals surface area contributed by atoms with E-state index < -0.39 is 6.10 Å². The van der Waals surface area contributed by atoms with Crippen molar-refractivity contribution in [2.45, 2.75) is 31.9 Å². The number of β-amino-alcohol motifs (C(OH)–C–C–N with tert-alkyl or cyclic N) is 1. The molecule has 0 radical (unpaired) electrons. The van der Waals surface area contributed by atoms with Crippen LogP contribution in [0.2, 0.25) is 0 Å². The lowest BCUT2D eigenvalue weighted by atomic mass is 10.2. The third-order valence-corrected chi connectivity index (χ3v) is 6.12. The highest BCUT2D eigenvalue weighted by Crippen LogP contribution is 2.36. The van der Waals surface area contributed by atoms with Crippen molar-refractivity contribution in [1.29, 1.82) is 0 Å². The van der Waals surface area contributed by atoms with Crippen molar-refractivity contribution >= 4 is 21.6 Å². The normalized spacial score (nSPS) is 18.4. The molecule has 2 heterocycles. The lowest BCUT2D eigenvalue weighted by Gasteiger charge is -2.25. The SMILES string of the molecule is CCOc1ccc(OCC(O)CN2CCCC2c2nc3ccccc3s2)cc1. The molecule has 1 saturated heterocycles. The molecular formula is C22H26N2O3S. The molecule has 0 saturated carbocycles. The zero-order valence-electron chi connectivity index (χ0n) is 16.1. The summed E-state index contributed by atoms with van der Waals surface area (Å²) in [5.74, 6) is 1.57. The van der Waals surface area contributed by atoms with Crippen LogP contribution in [0.4, 0.5) is 0 Å². The number of hydrogen-bond acceptors (Lipinski definition) is 6. The van der Waals surface area contributed by atoms with Crippen LogP contribution in [0.3, 0.4) is 0 Å². The van der Waals surface area contributed by atoms with Crippen molar-refractivity contribution < 1.29 is 14.6 Å². The average molecular weight is 399 g/mol. The van der Waals surface area contributed by atoms with Gasteiger partial charge in [-0.1, -0.05) is 12.1 Å². The van der Waals surface area contributed by atoms with Crippen LogP contribution in [-0.2, 0) is 0 Å². The second kappa shape index (κ2) is 8.90. The molecular weight excluding hydrogens is 372 g/mol. The number of thiazole rings is 1. The number of nitrogens with zero attached hydrogens (tertiary/aromatic N) is 2. The van der Waals surface area contributed by atoms with Crippen LogP contribution in [0.25, 0.3) is 10.2 Å². The van der Waals surface area contributed by atoms with Gasteiger partial charge in [-0.3, -0.25) is 4.90 Å². The summed E-state index contributed by atoms with van der Waals surface area (Å²) in [5, 5.41) is 11.7. The van der Waals surface area contributed by atoms with Crippen LogP contribution in [-0.4, -0.2) is 47.4 Å². The lowest BCUT2D eigenvalue weighted by Crippen LogP contribution is -2.35. The number of ether oxygens (including phenoxy) is 2. The topological polar surface area (TPSA) is 54.8 Å². The van der Waals surface area contributed by atoms with Gasteiger partial charge in [-0.15, -0.1) is 11.3 Å². The highest BCUT2D eigenvalue weighted by molar-refractivity contribution is 7.18. The molecule has 6 heteroatoms. The van der Waals surface area contributed by atoms with Gasteiger partial charge >= 0.3 is 0 Å². The van der Waals surface area contributed by atoms with Crippen molar-refractivity contribution in [3.63, 3.8) is 0 Å². The molecule has 1 fully saturated rings. The monoisotopic (exact) mass is 398 g/mol. The van der Waals surface area contributed by atoms with Crippen molar-refractivity contribution in [1.82, 2.24) is 9.88 Å². The first-order chi connectivity index (χ1) is 13.7. The Bertz CT molecular complexity index is 863. The average Bonchev–Trinajstić information content (AvgIpc) is 3.34. The van der Waals surface area contributed by atoms with E-state index in [9.17, 15) is 5.11 Å². The minimum Gasteiger partial charge on any atom is -0.494 e. The van der Waals surface area contributed by atoms with Gasteiger partial charge in [-0.25, -0.2) is 4.98 Å². The summed E-state index contributed by atoms with van der Waals surface area (Å²) in [7, 11) is 0. The summed E-state index contributed by atoms with van der Waals surface area (Å²) in [6.07, 6.45) is 1.68. The molecule has 1 aliphatic rings. The molecule has 1 aliphatic heterocycles. The molecule has 0 spiro atoms. The molecule has 5 nitrogen and oxygen atoms in total. The molecule has 0 amide bonds. The van der Waals surface area contributed by atoms with Gasteiger partial charge in [0, 0.05) is 6.54 Å². The molecule has 2 atom stereocenters. The van der Waals surface area contributed by atoms with E-state index in [2.05, 4.69) is 23.1 Å². The number of aliphatic hydroxyl groups is 1. The number of rotatable bonds is 8. The minimum atomic E-state index is -0.540. The van der Waals surface area contributed by atoms with E-state index in [-0.39, 0.29) is 12.6 Å². The highest BCUT2D eigenvalue weighted by atomic mass is 32.1. The zero-order chi connectivity index (χ0) is 19.3. The first kappa shape index (κ1) is 19.2. The van der Waals surface area contributed by atoms with Crippen molar-refractivity contribution in [3.8, 4) is 11.5 Å². The molecule has 3 aromatic rings. The van der Waals surface area contributed by atoms with Crippen LogP contribution < -0.4 is 9.47 Å². The minimum absolute atomic E-state index is 0.275. The molecule has 28 heavy (non-hydrogen) atoms. The Kier molecular flexibility index (Phi) is 6.10. The van der Waals surface area contributed by atoms with E-state index in [1.807, 2.05) is 37.3 Å². The zero-order valence-corrected chi connectivity index (χ0v) is 16.9. The fraction of sp³-hybridized carbons (Fsp3) is 0.409. The van der Waals surface area contributed by atoms with Crippen LogP contribution >= 0.6 is 11.3 Å². The Morgan fingerprint density at radius 1 is 1.14 bits per heavy atom. The molecule has 148 valence electrons. The maximum absolute atomic E-state index is 10.5. The summed E-state index contributed by atoms with van der Waals surface area (Å²) >= 11 is 1.76. The molecule has 4 rings (SSSR count). The summed E-state index contributed by atoms with van der Waals surface area (Å²) in [4.78, 5) is 7.16. The van der Waals surface area contributed by atoms with Gasteiger partial charge in [-0.2, -0.15) is 0 Å². The third-order valence-electron chi connectivity index (χ3n) is 4.98. The number of aliphatic hydroxyl groups excluding tert-OH is 1. The van der Waals surface area contributed by atoms with E-state index in [0.29, 0.717) is 13.2 Å². The molecule has 1 N–H and O–H groups in total. The second-order valence-electron chi connectivity index (χ2n) is 7.04. The second-order valence-corrected chi connectivity index (χ2v) is 8.10. The number of fused-ring (bicyclic) bond motifs is 1. The van der Waals surface area contributed by atoms with E-state index in [4.69, 9.17) is 14.5 Å². The van der Waals surface area contributed by atoms with Gasteiger partial charge in [0.1, 0.15) is 29.2 Å². The first-order valence-corrected chi connectivity index (χ1v) is 10.7. The molecule has 0 aliphatic carbocycles.